The minimum Gasteiger partial charge on any atom is -0.497 e. The van der Waals surface area contributed by atoms with Crippen LogP contribution in [0.3, 0.4) is 0 Å². The van der Waals surface area contributed by atoms with Gasteiger partial charge < -0.3 is 19.5 Å². The SMILES string of the molecule is COc1cc(OC)cc(C(=O)Nc2ccc(Oc3ccc(-n4nc(C)c(C)c4C)nn3)cc2)c1. The van der Waals surface area contributed by atoms with E-state index in [1.54, 1.807) is 59.3 Å². The Morgan fingerprint density at radius 1 is 0.853 bits per heavy atom. The molecule has 0 fully saturated rings. The van der Waals surface area contributed by atoms with Gasteiger partial charge in [0.05, 0.1) is 19.9 Å². The molecule has 0 atom stereocenters. The largest absolute Gasteiger partial charge is 0.497 e. The molecule has 0 saturated carbocycles. The van der Waals surface area contributed by atoms with Gasteiger partial charge in [0.15, 0.2) is 5.82 Å². The Morgan fingerprint density at radius 2 is 1.53 bits per heavy atom. The van der Waals surface area contributed by atoms with Crippen molar-refractivity contribution in [2.24, 2.45) is 0 Å². The number of carbonyl (C=O) groups excluding carboxylic acids is 1. The molecule has 2 heterocycles. The Labute approximate surface area is 197 Å². The third-order valence-corrected chi connectivity index (χ3v) is 5.44. The van der Waals surface area contributed by atoms with Crippen LogP contribution in [0.15, 0.2) is 54.6 Å². The van der Waals surface area contributed by atoms with Gasteiger partial charge in [-0.15, -0.1) is 10.2 Å². The van der Waals surface area contributed by atoms with Crippen molar-refractivity contribution >= 4 is 11.6 Å². The fourth-order valence-corrected chi connectivity index (χ4v) is 3.29. The fourth-order valence-electron chi connectivity index (χ4n) is 3.29. The average Bonchev–Trinajstić information content (AvgIpc) is 3.12. The maximum Gasteiger partial charge on any atom is 0.255 e. The number of hydrogen-bond acceptors (Lipinski definition) is 7. The van der Waals surface area contributed by atoms with Gasteiger partial charge in [-0.05, 0) is 68.8 Å². The zero-order valence-electron chi connectivity index (χ0n) is 19.6. The van der Waals surface area contributed by atoms with Crippen LogP contribution < -0.4 is 19.5 Å². The van der Waals surface area contributed by atoms with E-state index in [4.69, 9.17) is 14.2 Å². The normalized spacial score (nSPS) is 10.6. The summed E-state index contributed by atoms with van der Waals surface area (Å²) in [6.07, 6.45) is 0. The highest BCUT2D eigenvalue weighted by Gasteiger charge is 2.12. The molecule has 9 heteroatoms. The molecule has 9 nitrogen and oxygen atoms in total. The quantitative estimate of drug-likeness (QED) is 0.429. The molecule has 0 aliphatic heterocycles. The van der Waals surface area contributed by atoms with E-state index in [0.717, 1.165) is 17.0 Å². The number of aryl methyl sites for hydroxylation is 1. The highest BCUT2D eigenvalue weighted by atomic mass is 16.5. The summed E-state index contributed by atoms with van der Waals surface area (Å²) < 4.78 is 18.0. The second-order valence-corrected chi connectivity index (χ2v) is 7.62. The summed E-state index contributed by atoms with van der Waals surface area (Å²) in [5, 5.41) is 15.7. The van der Waals surface area contributed by atoms with Gasteiger partial charge in [0.1, 0.15) is 17.2 Å². The highest BCUT2D eigenvalue weighted by Crippen LogP contribution is 2.25. The van der Waals surface area contributed by atoms with Crippen LogP contribution in [0.4, 0.5) is 5.69 Å². The summed E-state index contributed by atoms with van der Waals surface area (Å²) >= 11 is 0. The van der Waals surface area contributed by atoms with Crippen LogP contribution >= 0.6 is 0 Å². The summed E-state index contributed by atoms with van der Waals surface area (Å²) in [6.45, 7) is 5.98. The molecule has 0 aliphatic rings. The third-order valence-electron chi connectivity index (χ3n) is 5.44. The second kappa shape index (κ2) is 9.62. The van der Waals surface area contributed by atoms with Crippen molar-refractivity contribution in [2.45, 2.75) is 20.8 Å². The maximum absolute atomic E-state index is 12.6. The topological polar surface area (TPSA) is 100 Å². The van der Waals surface area contributed by atoms with Gasteiger partial charge in [0.25, 0.3) is 5.91 Å². The summed E-state index contributed by atoms with van der Waals surface area (Å²) in [5.74, 6) is 2.31. The van der Waals surface area contributed by atoms with Crippen molar-refractivity contribution in [3.63, 3.8) is 0 Å². The van der Waals surface area contributed by atoms with Crippen molar-refractivity contribution in [2.75, 3.05) is 19.5 Å². The lowest BCUT2D eigenvalue weighted by Gasteiger charge is -2.10. The van der Waals surface area contributed by atoms with E-state index in [1.165, 1.54) is 14.2 Å². The number of methoxy groups -OCH3 is 2. The predicted molar refractivity (Wildman–Crippen MR) is 127 cm³/mol. The molecule has 0 spiro atoms. The Kier molecular flexibility index (Phi) is 6.44. The van der Waals surface area contributed by atoms with Gasteiger partial charge in [-0.3, -0.25) is 4.79 Å². The monoisotopic (exact) mass is 459 g/mol. The smallest absolute Gasteiger partial charge is 0.255 e. The minimum atomic E-state index is -0.285. The molecule has 1 amide bonds. The van der Waals surface area contributed by atoms with Gasteiger partial charge in [-0.25, -0.2) is 4.68 Å². The van der Waals surface area contributed by atoms with Crippen molar-refractivity contribution in [3.8, 4) is 28.9 Å². The van der Waals surface area contributed by atoms with Crippen molar-refractivity contribution < 1.29 is 19.0 Å². The van der Waals surface area contributed by atoms with Crippen LogP contribution in [-0.4, -0.2) is 40.1 Å². The summed E-state index contributed by atoms with van der Waals surface area (Å²) in [5.41, 5.74) is 4.13. The molecule has 0 aliphatic carbocycles. The molecule has 1 N–H and O–H groups in total. The lowest BCUT2D eigenvalue weighted by Crippen LogP contribution is -2.12. The molecule has 0 bridgehead atoms. The van der Waals surface area contributed by atoms with E-state index in [1.807, 2.05) is 20.8 Å². The van der Waals surface area contributed by atoms with Crippen LogP contribution in [0.2, 0.25) is 0 Å². The van der Waals surface area contributed by atoms with E-state index < -0.39 is 0 Å². The minimum absolute atomic E-state index is 0.285. The second-order valence-electron chi connectivity index (χ2n) is 7.62. The van der Waals surface area contributed by atoms with Crippen LogP contribution in [0, 0.1) is 20.8 Å². The Hall–Kier alpha value is -4.40. The van der Waals surface area contributed by atoms with Crippen molar-refractivity contribution in [3.05, 3.63) is 77.1 Å². The highest BCUT2D eigenvalue weighted by molar-refractivity contribution is 6.04. The zero-order chi connectivity index (χ0) is 24.2. The number of hydrogen-bond donors (Lipinski definition) is 1. The maximum atomic E-state index is 12.6. The number of benzene rings is 2. The number of carbonyl (C=O) groups is 1. The van der Waals surface area contributed by atoms with Crippen LogP contribution in [0.5, 0.6) is 23.1 Å². The third kappa shape index (κ3) is 4.83. The molecular formula is C25H25N5O4. The van der Waals surface area contributed by atoms with Gasteiger partial charge in [0.2, 0.25) is 5.88 Å². The van der Waals surface area contributed by atoms with E-state index in [9.17, 15) is 4.79 Å². The summed E-state index contributed by atoms with van der Waals surface area (Å²) in [7, 11) is 3.07. The van der Waals surface area contributed by atoms with E-state index >= 15 is 0 Å². The first-order valence-corrected chi connectivity index (χ1v) is 10.6. The molecule has 0 saturated heterocycles. The molecule has 174 valence electrons. The van der Waals surface area contributed by atoms with Gasteiger partial charge in [-0.2, -0.15) is 5.10 Å². The molecule has 0 unspecified atom stereocenters. The van der Waals surface area contributed by atoms with Crippen LogP contribution in [-0.2, 0) is 0 Å². The first kappa shape index (κ1) is 22.8. The summed E-state index contributed by atoms with van der Waals surface area (Å²) in [6, 6.07) is 15.5. The number of aromatic nitrogens is 4. The first-order chi connectivity index (χ1) is 16.4. The first-order valence-electron chi connectivity index (χ1n) is 10.6. The van der Waals surface area contributed by atoms with Gasteiger partial charge in [-0.1, -0.05) is 0 Å². The molecule has 4 rings (SSSR count). The molecular weight excluding hydrogens is 434 g/mol. The number of ether oxygens (including phenoxy) is 3. The molecule has 2 aromatic carbocycles. The Bertz CT molecular complexity index is 1290. The lowest BCUT2D eigenvalue weighted by molar-refractivity contribution is 0.102. The van der Waals surface area contributed by atoms with Gasteiger partial charge >= 0.3 is 0 Å². The molecule has 4 aromatic rings. The number of nitrogens with one attached hydrogen (secondary N) is 1. The number of rotatable bonds is 7. The van der Waals surface area contributed by atoms with Crippen molar-refractivity contribution in [1.82, 2.24) is 20.0 Å². The predicted octanol–water partition coefficient (Wildman–Crippen LogP) is 4.65. The standard InChI is InChI=1S/C25H25N5O4/c1-15-16(2)29-30(17(15)3)23-10-11-24(28-27-23)34-20-8-6-19(7-9-20)26-25(31)18-12-21(32-4)14-22(13-18)33-5/h6-14H,1-5H3,(H,26,31). The molecule has 0 radical (unpaired) electrons. The fraction of sp³-hybridized carbons (Fsp3) is 0.200. The van der Waals surface area contributed by atoms with E-state index in [2.05, 4.69) is 20.6 Å². The Morgan fingerprint density at radius 3 is 2.06 bits per heavy atom. The van der Waals surface area contributed by atoms with Crippen LogP contribution in [0.1, 0.15) is 27.3 Å². The molecule has 2 aromatic heterocycles. The van der Waals surface area contributed by atoms with Gasteiger partial charge in [0, 0.05) is 29.1 Å². The lowest BCUT2D eigenvalue weighted by atomic mass is 10.1. The number of nitrogens with zero attached hydrogens (tertiary/aromatic N) is 4. The van der Waals surface area contributed by atoms with E-state index in [0.29, 0.717) is 40.2 Å². The van der Waals surface area contributed by atoms with Crippen LogP contribution in [0.25, 0.3) is 5.82 Å². The van der Waals surface area contributed by atoms with Crippen molar-refractivity contribution in [1.29, 1.82) is 0 Å². The number of anilines is 1. The zero-order valence-corrected chi connectivity index (χ0v) is 19.6. The number of amides is 1. The average molecular weight is 460 g/mol. The Balaban J connectivity index is 1.42. The van der Waals surface area contributed by atoms with E-state index in [-0.39, 0.29) is 5.91 Å². The summed E-state index contributed by atoms with van der Waals surface area (Å²) in [4.78, 5) is 12.6. The molecule has 34 heavy (non-hydrogen) atoms.